The molecule has 0 unspecified atom stereocenters. The molecule has 4 aromatic rings. The number of rotatable bonds is 8. The first-order valence-corrected chi connectivity index (χ1v) is 18.1. The van der Waals surface area contributed by atoms with Gasteiger partial charge in [-0.1, -0.05) is 71.2 Å². The second-order valence-electron chi connectivity index (χ2n) is 14.1. The molecule has 4 aliphatic rings. The van der Waals surface area contributed by atoms with E-state index in [1.165, 1.54) is 17.0 Å². The minimum absolute atomic E-state index is 0.0208. The van der Waals surface area contributed by atoms with Crippen LogP contribution in [-0.4, -0.2) is 57.4 Å². The van der Waals surface area contributed by atoms with Crippen molar-refractivity contribution < 1.29 is 34.1 Å². The molecule has 4 aromatic carbocycles. The average molecular weight is 753 g/mol. The Morgan fingerprint density at radius 1 is 0.849 bits per heavy atom. The zero-order chi connectivity index (χ0) is 37.2. The Bertz CT molecular complexity index is 2190. The zero-order valence-corrected chi connectivity index (χ0v) is 30.1. The van der Waals surface area contributed by atoms with Crippen molar-refractivity contribution >= 4 is 52.5 Å². The first-order chi connectivity index (χ1) is 25.5. The number of nitrogens with one attached hydrogen (secondary N) is 1. The number of allylic oxidation sites excluding steroid dienone is 2. The van der Waals surface area contributed by atoms with E-state index in [-0.39, 0.29) is 47.7 Å². The van der Waals surface area contributed by atoms with Gasteiger partial charge in [0, 0.05) is 17.5 Å². The van der Waals surface area contributed by atoms with Crippen molar-refractivity contribution in [2.24, 2.45) is 23.7 Å². The summed E-state index contributed by atoms with van der Waals surface area (Å²) >= 11 is 12.7. The van der Waals surface area contributed by atoms with Crippen molar-refractivity contribution in [1.29, 1.82) is 0 Å². The fraction of sp³-hybridized carbons (Fsp3) is 0.268. The number of methoxy groups -OCH3 is 1. The van der Waals surface area contributed by atoms with Gasteiger partial charge in [-0.3, -0.25) is 29.5 Å². The van der Waals surface area contributed by atoms with Gasteiger partial charge in [-0.25, -0.2) is 0 Å². The van der Waals surface area contributed by atoms with E-state index in [1.807, 2.05) is 12.1 Å². The van der Waals surface area contributed by atoms with E-state index in [1.54, 1.807) is 79.9 Å². The maximum atomic E-state index is 15.3. The van der Waals surface area contributed by atoms with Gasteiger partial charge in [0.15, 0.2) is 0 Å². The Balaban J connectivity index is 1.26. The molecule has 10 nitrogen and oxygen atoms in total. The molecule has 2 heterocycles. The highest BCUT2D eigenvalue weighted by atomic mass is 35.5. The van der Waals surface area contributed by atoms with Crippen molar-refractivity contribution in [3.8, 4) is 17.2 Å². The highest BCUT2D eigenvalue weighted by Gasteiger charge is 2.70. The van der Waals surface area contributed by atoms with Crippen LogP contribution in [0.1, 0.15) is 35.4 Å². The van der Waals surface area contributed by atoms with Crippen LogP contribution in [0.2, 0.25) is 10.0 Å². The molecule has 6 atom stereocenters. The SMILES string of the molecule is COc1ccc([C@@]23C(=O)N(Nc4ccc(Cl)cc4Cl)C(=O)[C@@H]2C[C@@H]2C(=CC[C@@H]4C(=O)N(CCc5ccc(O)cc5)C(=O)[C@@H]42)[C@@H]3c2cccc(O)c2)cc1. The van der Waals surface area contributed by atoms with Crippen LogP contribution in [0.25, 0.3) is 0 Å². The van der Waals surface area contributed by atoms with Crippen LogP contribution in [0.4, 0.5) is 5.69 Å². The monoisotopic (exact) mass is 751 g/mol. The molecule has 3 fully saturated rings. The number of hydrogen-bond donors (Lipinski definition) is 3. The van der Waals surface area contributed by atoms with E-state index in [4.69, 9.17) is 27.9 Å². The number of amides is 4. The Hall–Kier alpha value is -5.32. The van der Waals surface area contributed by atoms with Crippen LogP contribution in [0.5, 0.6) is 17.2 Å². The molecule has 53 heavy (non-hydrogen) atoms. The molecular formula is C41H35Cl2N3O7. The smallest absolute Gasteiger partial charge is 0.260 e. The molecule has 0 aromatic heterocycles. The van der Waals surface area contributed by atoms with Crippen molar-refractivity contribution in [1.82, 2.24) is 9.91 Å². The average Bonchev–Trinajstić information content (AvgIpc) is 3.52. The fourth-order valence-electron chi connectivity index (χ4n) is 9.11. The summed E-state index contributed by atoms with van der Waals surface area (Å²) in [5.41, 5.74) is 4.55. The summed E-state index contributed by atoms with van der Waals surface area (Å²) in [4.78, 5) is 59.8. The highest BCUT2D eigenvalue weighted by Crippen LogP contribution is 2.64. The van der Waals surface area contributed by atoms with Gasteiger partial charge >= 0.3 is 0 Å². The molecular weight excluding hydrogens is 717 g/mol. The molecule has 8 rings (SSSR count). The van der Waals surface area contributed by atoms with Gasteiger partial charge in [-0.2, -0.15) is 5.01 Å². The molecule has 0 spiro atoms. The van der Waals surface area contributed by atoms with Gasteiger partial charge < -0.3 is 14.9 Å². The van der Waals surface area contributed by atoms with Gasteiger partial charge in [0.05, 0.1) is 41.0 Å². The molecule has 0 bridgehead atoms. The number of aromatic hydroxyl groups is 2. The van der Waals surface area contributed by atoms with E-state index in [0.29, 0.717) is 34.0 Å². The number of phenolic OH excluding ortho intramolecular Hbond substituents is 2. The number of anilines is 1. The Kier molecular flexibility index (Phi) is 8.70. The Morgan fingerprint density at radius 3 is 2.30 bits per heavy atom. The maximum Gasteiger partial charge on any atom is 0.260 e. The molecule has 0 radical (unpaired) electrons. The molecule has 3 N–H and O–H groups in total. The molecule has 2 aliphatic carbocycles. The van der Waals surface area contributed by atoms with Crippen LogP contribution in [0, 0.1) is 23.7 Å². The molecule has 12 heteroatoms. The van der Waals surface area contributed by atoms with E-state index >= 15 is 4.79 Å². The topological polar surface area (TPSA) is 136 Å². The third-order valence-corrected chi connectivity index (χ3v) is 12.0. The highest BCUT2D eigenvalue weighted by molar-refractivity contribution is 6.36. The number of likely N-dealkylation sites (tertiary alicyclic amines) is 1. The lowest BCUT2D eigenvalue weighted by atomic mass is 9.49. The summed E-state index contributed by atoms with van der Waals surface area (Å²) < 4.78 is 5.45. The Labute approximate surface area is 315 Å². The number of halogens is 2. The van der Waals surface area contributed by atoms with Gasteiger partial charge in [-0.05, 0) is 96.5 Å². The number of carbonyl (C=O) groups is 4. The summed E-state index contributed by atoms with van der Waals surface area (Å²) in [7, 11) is 1.54. The number of fused-ring (bicyclic) bond motifs is 4. The molecule has 2 saturated heterocycles. The van der Waals surface area contributed by atoms with Crippen molar-refractivity contribution in [3.63, 3.8) is 0 Å². The second-order valence-corrected chi connectivity index (χ2v) is 14.9. The van der Waals surface area contributed by atoms with Crippen LogP contribution >= 0.6 is 23.2 Å². The number of ether oxygens (including phenoxy) is 1. The van der Waals surface area contributed by atoms with Crippen LogP contribution in [0.15, 0.2) is 103 Å². The van der Waals surface area contributed by atoms with Crippen LogP contribution in [0.3, 0.4) is 0 Å². The van der Waals surface area contributed by atoms with Crippen LogP contribution in [-0.2, 0) is 31.0 Å². The summed E-state index contributed by atoms with van der Waals surface area (Å²) in [5, 5.41) is 22.1. The molecule has 1 saturated carbocycles. The first-order valence-electron chi connectivity index (χ1n) is 17.4. The van der Waals surface area contributed by atoms with Gasteiger partial charge in [0.25, 0.3) is 11.8 Å². The fourth-order valence-corrected chi connectivity index (χ4v) is 9.56. The predicted octanol–water partition coefficient (Wildman–Crippen LogP) is 6.64. The lowest BCUT2D eigenvalue weighted by Crippen LogP contribution is -2.53. The first kappa shape index (κ1) is 34.7. The third kappa shape index (κ3) is 5.54. The van der Waals surface area contributed by atoms with Gasteiger partial charge in [0.1, 0.15) is 17.2 Å². The third-order valence-electron chi connectivity index (χ3n) is 11.4. The summed E-state index contributed by atoms with van der Waals surface area (Å²) in [6, 6.07) is 25.0. The summed E-state index contributed by atoms with van der Waals surface area (Å²) in [6.07, 6.45) is 2.79. The largest absolute Gasteiger partial charge is 0.508 e. The number of nitrogens with zero attached hydrogens (tertiary/aromatic N) is 2. The lowest BCUT2D eigenvalue weighted by molar-refractivity contribution is -0.141. The van der Waals surface area contributed by atoms with E-state index in [9.17, 15) is 24.6 Å². The van der Waals surface area contributed by atoms with Gasteiger partial charge in [-0.15, -0.1) is 0 Å². The van der Waals surface area contributed by atoms with Crippen molar-refractivity contribution in [2.75, 3.05) is 19.1 Å². The number of phenols is 2. The number of imide groups is 2. The Morgan fingerprint density at radius 2 is 1.60 bits per heavy atom. The van der Waals surface area contributed by atoms with Gasteiger partial charge in [0.2, 0.25) is 11.8 Å². The van der Waals surface area contributed by atoms with E-state index < -0.39 is 46.8 Å². The standard InChI is InChI=1S/C41H35Cl2N3O7/c1-53-28-12-7-24(8-13-28)41-32(38(50)46(40(41)52)44-34-16-9-25(42)20-33(34)43)21-31-29(36(41)23-3-2-4-27(48)19-23)14-15-30-35(31)39(51)45(37(30)49)18-17-22-5-10-26(47)11-6-22/h2-14,16,19-20,30-32,35-36,44,47-48H,15,17-18,21H2,1H3/t30-,31+,32-,35-,36-,41+/m0/s1. The van der Waals surface area contributed by atoms with E-state index in [0.717, 1.165) is 16.1 Å². The number of benzene rings is 4. The zero-order valence-electron chi connectivity index (χ0n) is 28.5. The quantitative estimate of drug-likeness (QED) is 0.135. The summed E-state index contributed by atoms with van der Waals surface area (Å²) in [5.74, 6) is -4.63. The number of hydrogen-bond acceptors (Lipinski definition) is 8. The summed E-state index contributed by atoms with van der Waals surface area (Å²) in [6.45, 7) is 0.170. The number of carbonyl (C=O) groups excluding carboxylic acids is 4. The maximum absolute atomic E-state index is 15.3. The minimum atomic E-state index is -1.53. The number of hydrazine groups is 1. The van der Waals surface area contributed by atoms with Crippen molar-refractivity contribution in [2.45, 2.75) is 30.6 Å². The van der Waals surface area contributed by atoms with E-state index in [2.05, 4.69) is 5.43 Å². The molecule has 4 amide bonds. The predicted molar refractivity (Wildman–Crippen MR) is 197 cm³/mol. The van der Waals surface area contributed by atoms with Crippen molar-refractivity contribution in [3.05, 3.63) is 129 Å². The lowest BCUT2D eigenvalue weighted by Gasteiger charge is -2.50. The normalized spacial score (nSPS) is 26.2. The van der Waals surface area contributed by atoms with Crippen LogP contribution < -0.4 is 10.2 Å². The molecule has 270 valence electrons. The second kappa shape index (κ2) is 13.3. The minimum Gasteiger partial charge on any atom is -0.508 e. The molecule has 2 aliphatic heterocycles.